The molecule has 3 aromatic rings. The minimum atomic E-state index is -0.722. The van der Waals surface area contributed by atoms with Crippen LogP contribution in [0.25, 0.3) is 0 Å². The van der Waals surface area contributed by atoms with Crippen LogP contribution < -0.4 is 9.47 Å². The standard InChI is InChI=1S/C22H21N3O4/c1-15-4-6-16(7-5-15)21(26)29-24-18(13-25-11-10-23-14-25)17-8-9-19-20(12-17)28-22(2,3)27-19/h4-12,14H,13H2,1-3H3/b24-18+. The van der Waals surface area contributed by atoms with E-state index in [4.69, 9.17) is 14.3 Å². The molecule has 0 saturated carbocycles. The highest BCUT2D eigenvalue weighted by molar-refractivity contribution is 6.01. The number of carbonyl (C=O) groups excluding carboxylic acids is 1. The van der Waals surface area contributed by atoms with Crippen LogP contribution in [0.2, 0.25) is 0 Å². The third-order valence-electron chi connectivity index (χ3n) is 4.41. The summed E-state index contributed by atoms with van der Waals surface area (Å²) in [7, 11) is 0. The average Bonchev–Trinajstić information content (AvgIpc) is 3.30. The zero-order valence-corrected chi connectivity index (χ0v) is 16.5. The number of hydrogen-bond donors (Lipinski definition) is 0. The highest BCUT2D eigenvalue weighted by Crippen LogP contribution is 2.39. The maximum absolute atomic E-state index is 12.4. The summed E-state index contributed by atoms with van der Waals surface area (Å²) in [6.45, 7) is 6.02. The summed E-state index contributed by atoms with van der Waals surface area (Å²) in [6, 6.07) is 12.7. The first kappa shape index (κ1) is 18.7. The molecule has 0 spiro atoms. The molecule has 0 amide bonds. The molecule has 0 aliphatic carbocycles. The van der Waals surface area contributed by atoms with Gasteiger partial charge in [0.15, 0.2) is 11.5 Å². The Bertz CT molecular complexity index is 1050. The fourth-order valence-electron chi connectivity index (χ4n) is 2.97. The number of ether oxygens (including phenoxy) is 2. The van der Waals surface area contributed by atoms with Gasteiger partial charge >= 0.3 is 5.97 Å². The van der Waals surface area contributed by atoms with Crippen LogP contribution in [0.15, 0.2) is 66.3 Å². The molecule has 1 aromatic heterocycles. The van der Waals surface area contributed by atoms with Crippen molar-refractivity contribution in [2.24, 2.45) is 5.16 Å². The molecular weight excluding hydrogens is 370 g/mol. The van der Waals surface area contributed by atoms with E-state index in [9.17, 15) is 4.79 Å². The highest BCUT2D eigenvalue weighted by atomic mass is 16.7. The monoisotopic (exact) mass is 391 g/mol. The third-order valence-corrected chi connectivity index (χ3v) is 4.41. The summed E-state index contributed by atoms with van der Waals surface area (Å²) >= 11 is 0. The lowest BCUT2D eigenvalue weighted by molar-refractivity contribution is -0.0431. The molecular formula is C22H21N3O4. The molecule has 0 radical (unpaired) electrons. The van der Waals surface area contributed by atoms with Crippen LogP contribution in [0.1, 0.15) is 35.3 Å². The molecule has 0 N–H and O–H groups in total. The van der Waals surface area contributed by atoms with Crippen LogP contribution >= 0.6 is 0 Å². The Morgan fingerprint density at radius 2 is 1.83 bits per heavy atom. The molecule has 2 heterocycles. The van der Waals surface area contributed by atoms with Gasteiger partial charge in [0.25, 0.3) is 0 Å². The van der Waals surface area contributed by atoms with Crippen molar-refractivity contribution in [2.45, 2.75) is 33.1 Å². The molecule has 0 bridgehead atoms. The number of imidazole rings is 1. The Labute approximate surface area is 168 Å². The van der Waals surface area contributed by atoms with Crippen LogP contribution in [0, 0.1) is 6.92 Å². The fourth-order valence-corrected chi connectivity index (χ4v) is 2.97. The molecule has 1 aliphatic heterocycles. The van der Waals surface area contributed by atoms with E-state index in [1.165, 1.54) is 0 Å². The number of aryl methyl sites for hydroxylation is 1. The molecule has 0 fully saturated rings. The second-order valence-corrected chi connectivity index (χ2v) is 7.28. The predicted molar refractivity (Wildman–Crippen MR) is 107 cm³/mol. The van der Waals surface area contributed by atoms with Crippen LogP contribution in [0.5, 0.6) is 11.5 Å². The van der Waals surface area contributed by atoms with Gasteiger partial charge in [0.2, 0.25) is 5.79 Å². The lowest BCUT2D eigenvalue weighted by atomic mass is 10.1. The van der Waals surface area contributed by atoms with Gasteiger partial charge in [0.1, 0.15) is 5.71 Å². The van der Waals surface area contributed by atoms with Crippen molar-refractivity contribution in [3.8, 4) is 11.5 Å². The second kappa shape index (κ2) is 7.43. The summed E-state index contributed by atoms with van der Waals surface area (Å²) in [5, 5.41) is 4.15. The Morgan fingerprint density at radius 3 is 2.55 bits per heavy atom. The van der Waals surface area contributed by atoms with E-state index in [0.29, 0.717) is 29.3 Å². The fraction of sp³-hybridized carbons (Fsp3) is 0.227. The van der Waals surface area contributed by atoms with E-state index in [-0.39, 0.29) is 0 Å². The number of carbonyl (C=O) groups is 1. The molecule has 0 unspecified atom stereocenters. The van der Waals surface area contributed by atoms with E-state index in [2.05, 4.69) is 10.1 Å². The summed E-state index contributed by atoms with van der Waals surface area (Å²) in [5.74, 6) is 0.0450. The molecule has 1 aliphatic rings. The van der Waals surface area contributed by atoms with E-state index >= 15 is 0 Å². The molecule has 0 saturated heterocycles. The lowest BCUT2D eigenvalue weighted by Crippen LogP contribution is -2.29. The van der Waals surface area contributed by atoms with Gasteiger partial charge in [-0.15, -0.1) is 0 Å². The van der Waals surface area contributed by atoms with E-state index in [0.717, 1.165) is 11.1 Å². The Balaban J connectivity index is 1.61. The quantitative estimate of drug-likeness (QED) is 0.374. The van der Waals surface area contributed by atoms with Gasteiger partial charge in [-0.1, -0.05) is 22.9 Å². The van der Waals surface area contributed by atoms with Gasteiger partial charge < -0.3 is 18.9 Å². The number of rotatable bonds is 5. The summed E-state index contributed by atoms with van der Waals surface area (Å²) in [5.41, 5.74) is 2.82. The smallest absolute Gasteiger partial charge is 0.365 e. The average molecular weight is 391 g/mol. The summed E-state index contributed by atoms with van der Waals surface area (Å²) in [6.07, 6.45) is 5.17. The number of fused-ring (bicyclic) bond motifs is 1. The topological polar surface area (TPSA) is 74.9 Å². The molecule has 4 rings (SSSR count). The van der Waals surface area contributed by atoms with Crippen LogP contribution in [0.3, 0.4) is 0 Å². The van der Waals surface area contributed by atoms with Crippen LogP contribution in [-0.4, -0.2) is 27.0 Å². The van der Waals surface area contributed by atoms with Gasteiger partial charge in [0, 0.05) is 31.8 Å². The minimum absolute atomic E-state index is 0.379. The Kier molecular flexibility index (Phi) is 4.80. The molecule has 2 aromatic carbocycles. The van der Waals surface area contributed by atoms with Crippen molar-refractivity contribution in [1.82, 2.24) is 9.55 Å². The molecule has 7 heteroatoms. The number of benzene rings is 2. The Hall–Kier alpha value is -3.61. The zero-order chi connectivity index (χ0) is 20.4. The summed E-state index contributed by atoms with van der Waals surface area (Å²) < 4.78 is 13.4. The van der Waals surface area contributed by atoms with Crippen molar-refractivity contribution in [3.63, 3.8) is 0 Å². The third kappa shape index (κ3) is 4.29. The number of aromatic nitrogens is 2. The number of hydrogen-bond acceptors (Lipinski definition) is 6. The molecule has 148 valence electrons. The minimum Gasteiger partial charge on any atom is -0.449 e. The molecule has 0 atom stereocenters. The van der Waals surface area contributed by atoms with E-state index < -0.39 is 11.8 Å². The summed E-state index contributed by atoms with van der Waals surface area (Å²) in [4.78, 5) is 21.7. The van der Waals surface area contributed by atoms with Gasteiger partial charge in [-0.25, -0.2) is 9.78 Å². The van der Waals surface area contributed by atoms with Crippen LogP contribution in [0.4, 0.5) is 0 Å². The van der Waals surface area contributed by atoms with Crippen molar-refractivity contribution >= 4 is 11.7 Å². The zero-order valence-electron chi connectivity index (χ0n) is 16.5. The lowest BCUT2D eigenvalue weighted by Gasteiger charge is -2.16. The number of oxime groups is 1. The Morgan fingerprint density at radius 1 is 1.10 bits per heavy atom. The largest absolute Gasteiger partial charge is 0.449 e. The normalized spacial score (nSPS) is 14.7. The van der Waals surface area contributed by atoms with E-state index in [1.54, 1.807) is 24.7 Å². The SMILES string of the molecule is Cc1ccc(C(=O)O/N=C(\Cn2ccnc2)c2ccc3c(c2)OC(C)(C)O3)cc1. The molecule has 29 heavy (non-hydrogen) atoms. The van der Waals surface area contributed by atoms with Crippen molar-refractivity contribution in [3.05, 3.63) is 77.9 Å². The first-order chi connectivity index (χ1) is 13.9. The van der Waals surface area contributed by atoms with E-state index in [1.807, 2.05) is 61.9 Å². The van der Waals surface area contributed by atoms with Gasteiger partial charge in [-0.3, -0.25) is 0 Å². The second-order valence-electron chi connectivity index (χ2n) is 7.28. The van der Waals surface area contributed by atoms with Crippen molar-refractivity contribution in [2.75, 3.05) is 0 Å². The van der Waals surface area contributed by atoms with Gasteiger partial charge in [-0.05, 0) is 37.3 Å². The maximum Gasteiger partial charge on any atom is 0.365 e. The first-order valence-electron chi connectivity index (χ1n) is 9.23. The van der Waals surface area contributed by atoms with Crippen molar-refractivity contribution < 1.29 is 19.1 Å². The predicted octanol–water partition coefficient (Wildman–Crippen LogP) is 3.96. The maximum atomic E-state index is 12.4. The van der Waals surface area contributed by atoms with Gasteiger partial charge in [-0.2, -0.15) is 0 Å². The highest BCUT2D eigenvalue weighted by Gasteiger charge is 2.32. The van der Waals surface area contributed by atoms with Gasteiger partial charge in [0.05, 0.1) is 18.4 Å². The molecule has 7 nitrogen and oxygen atoms in total. The number of nitrogens with zero attached hydrogens (tertiary/aromatic N) is 3. The van der Waals surface area contributed by atoms with Crippen LogP contribution in [-0.2, 0) is 11.4 Å². The van der Waals surface area contributed by atoms with Crippen molar-refractivity contribution in [1.29, 1.82) is 0 Å². The first-order valence-corrected chi connectivity index (χ1v) is 9.23.